The van der Waals surface area contributed by atoms with E-state index in [1.54, 1.807) is 24.8 Å². The summed E-state index contributed by atoms with van der Waals surface area (Å²) in [6, 6.07) is 5.72. The number of aromatic nitrogens is 1. The molecule has 4 nitrogen and oxygen atoms in total. The molecule has 5 heteroatoms. The highest BCUT2D eigenvalue weighted by Gasteiger charge is 2.05. The van der Waals surface area contributed by atoms with Crippen LogP contribution in [0.15, 0.2) is 46.7 Å². The van der Waals surface area contributed by atoms with Crippen LogP contribution in [0, 0.1) is 0 Å². The average Bonchev–Trinajstić information content (AvgIpc) is 2.32. The molecule has 2 rings (SSSR count). The van der Waals surface area contributed by atoms with Gasteiger partial charge in [-0.25, -0.2) is 0 Å². The molecule has 84 valence electrons. The van der Waals surface area contributed by atoms with Crippen molar-refractivity contribution in [1.29, 1.82) is 0 Å². The van der Waals surface area contributed by atoms with Gasteiger partial charge in [0.25, 0.3) is 0 Å². The van der Waals surface area contributed by atoms with Crippen LogP contribution in [-0.2, 0) is 4.79 Å². The molecule has 0 bridgehead atoms. The van der Waals surface area contributed by atoms with E-state index in [1.165, 1.54) is 11.8 Å². The quantitative estimate of drug-likeness (QED) is 0.855. The standard InChI is InChI=1S/C6H7NO2S.C5H5N/c8-6(9)3-5-4-7-1-2-10-5;1-2-4-6-5-3-1/h1,4H,2-3H2,(H,8,9);1-5H. The van der Waals surface area contributed by atoms with Gasteiger partial charge in [0.1, 0.15) is 0 Å². The van der Waals surface area contributed by atoms with Crippen LogP contribution >= 0.6 is 11.8 Å². The highest BCUT2D eigenvalue weighted by molar-refractivity contribution is 8.03. The van der Waals surface area contributed by atoms with Crippen LogP contribution in [-0.4, -0.2) is 28.0 Å². The molecule has 1 N–H and O–H groups in total. The second kappa shape index (κ2) is 7.64. The molecule has 0 saturated heterocycles. The average molecular weight is 236 g/mol. The van der Waals surface area contributed by atoms with Gasteiger partial charge in [-0.2, -0.15) is 0 Å². The third-order valence-electron chi connectivity index (χ3n) is 1.56. The van der Waals surface area contributed by atoms with Crippen LogP contribution in [0.5, 0.6) is 0 Å². The Hall–Kier alpha value is -1.62. The van der Waals surface area contributed by atoms with E-state index in [4.69, 9.17) is 5.11 Å². The monoisotopic (exact) mass is 236 g/mol. The summed E-state index contributed by atoms with van der Waals surface area (Å²) in [5.74, 6) is -0.00472. The molecule has 0 aromatic carbocycles. The second-order valence-corrected chi connectivity index (χ2v) is 3.98. The Morgan fingerprint density at radius 1 is 1.38 bits per heavy atom. The lowest BCUT2D eigenvalue weighted by Crippen LogP contribution is -1.97. The number of aliphatic carboxylic acids is 1. The Labute approximate surface area is 98.1 Å². The van der Waals surface area contributed by atoms with Gasteiger partial charge in [0.2, 0.25) is 0 Å². The number of pyridine rings is 1. The van der Waals surface area contributed by atoms with Crippen LogP contribution in [0.2, 0.25) is 0 Å². The fourth-order valence-electron chi connectivity index (χ4n) is 0.919. The molecule has 1 aromatic heterocycles. The van der Waals surface area contributed by atoms with Crippen molar-refractivity contribution in [3.8, 4) is 0 Å². The number of hydrogen-bond donors (Lipinski definition) is 1. The van der Waals surface area contributed by atoms with E-state index in [-0.39, 0.29) is 6.42 Å². The molecule has 1 aromatic rings. The number of carboxylic acid groups (broad SMARTS) is 1. The SMILES string of the molecule is O=C(O)CC1=CN=CCS1.c1ccncc1. The predicted octanol–water partition coefficient (Wildman–Crippen LogP) is 2.20. The lowest BCUT2D eigenvalue weighted by Gasteiger charge is -2.03. The van der Waals surface area contributed by atoms with Crippen molar-refractivity contribution in [1.82, 2.24) is 4.98 Å². The van der Waals surface area contributed by atoms with Crippen molar-refractivity contribution < 1.29 is 9.90 Å². The van der Waals surface area contributed by atoms with Crippen molar-refractivity contribution >= 4 is 23.9 Å². The second-order valence-electron chi connectivity index (χ2n) is 2.83. The highest BCUT2D eigenvalue weighted by atomic mass is 32.2. The summed E-state index contributed by atoms with van der Waals surface area (Å²) in [4.78, 5) is 18.6. The minimum atomic E-state index is -0.796. The van der Waals surface area contributed by atoms with Gasteiger partial charge in [-0.15, -0.1) is 11.8 Å². The maximum atomic E-state index is 10.2. The summed E-state index contributed by atoms with van der Waals surface area (Å²) in [6.07, 6.45) is 6.96. The summed E-state index contributed by atoms with van der Waals surface area (Å²) >= 11 is 1.52. The molecule has 0 atom stereocenters. The third-order valence-corrected chi connectivity index (χ3v) is 2.50. The fourth-order valence-corrected chi connectivity index (χ4v) is 1.65. The summed E-state index contributed by atoms with van der Waals surface area (Å²) in [7, 11) is 0. The summed E-state index contributed by atoms with van der Waals surface area (Å²) < 4.78 is 0. The number of nitrogens with zero attached hydrogens (tertiary/aromatic N) is 2. The van der Waals surface area contributed by atoms with Crippen LogP contribution in [0.4, 0.5) is 0 Å². The number of aliphatic imine (C=N–C) groups is 1. The Morgan fingerprint density at radius 2 is 2.12 bits per heavy atom. The topological polar surface area (TPSA) is 62.5 Å². The highest BCUT2D eigenvalue weighted by Crippen LogP contribution is 2.20. The van der Waals surface area contributed by atoms with Crippen molar-refractivity contribution in [3.05, 3.63) is 41.7 Å². The first-order chi connectivity index (χ1) is 7.79. The van der Waals surface area contributed by atoms with Crippen LogP contribution in [0.25, 0.3) is 0 Å². The molecule has 2 heterocycles. The summed E-state index contributed by atoms with van der Waals surface area (Å²) in [5, 5.41) is 8.36. The largest absolute Gasteiger partial charge is 0.481 e. The first-order valence-electron chi connectivity index (χ1n) is 4.69. The van der Waals surface area contributed by atoms with E-state index < -0.39 is 5.97 Å². The first kappa shape index (κ1) is 12.4. The zero-order valence-electron chi connectivity index (χ0n) is 8.61. The number of hydrogen-bond acceptors (Lipinski definition) is 4. The lowest BCUT2D eigenvalue weighted by molar-refractivity contribution is -0.136. The van der Waals surface area contributed by atoms with Crippen molar-refractivity contribution in [2.75, 3.05) is 5.75 Å². The molecule has 0 fully saturated rings. The van der Waals surface area contributed by atoms with Crippen LogP contribution in [0.1, 0.15) is 6.42 Å². The lowest BCUT2D eigenvalue weighted by atomic mass is 10.4. The van der Waals surface area contributed by atoms with Gasteiger partial charge in [-0.1, -0.05) is 6.07 Å². The van der Waals surface area contributed by atoms with Gasteiger partial charge >= 0.3 is 5.97 Å². The molecule has 0 radical (unpaired) electrons. The zero-order valence-corrected chi connectivity index (χ0v) is 9.43. The van der Waals surface area contributed by atoms with Crippen molar-refractivity contribution in [2.24, 2.45) is 4.99 Å². The Balaban J connectivity index is 0.000000181. The molecular weight excluding hydrogens is 224 g/mol. The van der Waals surface area contributed by atoms with Gasteiger partial charge in [0.15, 0.2) is 0 Å². The predicted molar refractivity (Wildman–Crippen MR) is 65.5 cm³/mol. The minimum Gasteiger partial charge on any atom is -0.481 e. The van der Waals surface area contributed by atoms with Crippen molar-refractivity contribution in [3.63, 3.8) is 0 Å². The van der Waals surface area contributed by atoms with E-state index >= 15 is 0 Å². The number of thioether (sulfide) groups is 1. The van der Waals surface area contributed by atoms with Crippen LogP contribution < -0.4 is 0 Å². The van der Waals surface area contributed by atoms with Gasteiger partial charge in [0.05, 0.1) is 6.42 Å². The molecule has 1 aliphatic rings. The molecule has 0 unspecified atom stereocenters. The van der Waals surface area contributed by atoms with E-state index in [0.29, 0.717) is 0 Å². The maximum absolute atomic E-state index is 10.2. The van der Waals surface area contributed by atoms with E-state index in [9.17, 15) is 4.79 Å². The van der Waals surface area contributed by atoms with Gasteiger partial charge < -0.3 is 5.11 Å². The molecular formula is C11H12N2O2S. The summed E-state index contributed by atoms with van der Waals surface area (Å²) in [6.45, 7) is 0. The Kier molecular flexibility index (Phi) is 5.95. The normalized spacial score (nSPS) is 13.4. The van der Waals surface area contributed by atoms with Crippen LogP contribution in [0.3, 0.4) is 0 Å². The van der Waals surface area contributed by atoms with Gasteiger partial charge in [0, 0.05) is 35.5 Å². The molecule has 0 spiro atoms. The molecule has 0 saturated carbocycles. The first-order valence-corrected chi connectivity index (χ1v) is 5.68. The smallest absolute Gasteiger partial charge is 0.308 e. The summed E-state index contributed by atoms with van der Waals surface area (Å²) in [5.41, 5.74) is 0. The van der Waals surface area contributed by atoms with Gasteiger partial charge in [-0.3, -0.25) is 14.8 Å². The molecule has 0 amide bonds. The van der Waals surface area contributed by atoms with E-state index in [1.807, 2.05) is 18.2 Å². The minimum absolute atomic E-state index is 0.0992. The molecule has 0 aliphatic carbocycles. The van der Waals surface area contributed by atoms with E-state index in [0.717, 1.165) is 10.7 Å². The molecule has 1 aliphatic heterocycles. The number of rotatable bonds is 2. The maximum Gasteiger partial charge on any atom is 0.308 e. The van der Waals surface area contributed by atoms with E-state index in [2.05, 4.69) is 9.98 Å². The van der Waals surface area contributed by atoms with Gasteiger partial charge in [-0.05, 0) is 12.1 Å². The Bertz CT molecular complexity index is 350. The zero-order chi connectivity index (χ0) is 11.6. The van der Waals surface area contributed by atoms with Crippen molar-refractivity contribution in [2.45, 2.75) is 6.42 Å². The third kappa shape index (κ3) is 5.98. The molecule has 16 heavy (non-hydrogen) atoms. The Morgan fingerprint density at radius 3 is 2.50 bits per heavy atom. The number of carboxylic acids is 1. The number of carbonyl (C=O) groups is 1. The fraction of sp³-hybridized carbons (Fsp3) is 0.182.